The summed E-state index contributed by atoms with van der Waals surface area (Å²) in [5.41, 5.74) is 8.27. The third-order valence-electron chi connectivity index (χ3n) is 2.49. The Morgan fingerprint density at radius 1 is 1.29 bits per heavy atom. The van der Waals surface area contributed by atoms with E-state index in [0.29, 0.717) is 13.1 Å². The fraction of sp³-hybridized carbons (Fsp3) is 0.154. The predicted molar refractivity (Wildman–Crippen MR) is 65.9 cm³/mol. The lowest BCUT2D eigenvalue weighted by molar-refractivity contribution is 0.625. The topological polar surface area (TPSA) is 50.9 Å². The summed E-state index contributed by atoms with van der Waals surface area (Å²) in [6.07, 6.45) is 3.52. The summed E-state index contributed by atoms with van der Waals surface area (Å²) in [5.74, 6) is -0.266. The molecule has 2 rings (SSSR count). The molecule has 0 bridgehead atoms. The third kappa shape index (κ3) is 3.01. The van der Waals surface area contributed by atoms with Crippen molar-refractivity contribution in [2.45, 2.75) is 13.1 Å². The van der Waals surface area contributed by atoms with Crippen LogP contribution in [-0.4, -0.2) is 4.98 Å². The number of hydrogen-bond donors (Lipinski definition) is 2. The summed E-state index contributed by atoms with van der Waals surface area (Å²) in [7, 11) is 0. The highest BCUT2D eigenvalue weighted by atomic mass is 19.1. The average molecular weight is 231 g/mol. The monoisotopic (exact) mass is 231 g/mol. The average Bonchev–Trinajstić information content (AvgIpc) is 2.38. The number of halogens is 1. The number of hydrogen-bond acceptors (Lipinski definition) is 3. The Hall–Kier alpha value is -1.94. The molecular weight excluding hydrogens is 217 g/mol. The van der Waals surface area contributed by atoms with Crippen molar-refractivity contribution in [1.82, 2.24) is 4.98 Å². The summed E-state index contributed by atoms with van der Waals surface area (Å²) < 4.78 is 13.0. The molecule has 0 fully saturated rings. The lowest BCUT2D eigenvalue weighted by atomic mass is 10.1. The van der Waals surface area contributed by atoms with Crippen LogP contribution in [0.5, 0.6) is 0 Å². The second-order valence-electron chi connectivity index (χ2n) is 3.72. The molecule has 0 aliphatic heterocycles. The number of nitrogens with two attached hydrogens (primary N) is 1. The van der Waals surface area contributed by atoms with E-state index >= 15 is 0 Å². The molecule has 0 aliphatic carbocycles. The Morgan fingerprint density at radius 3 is 2.88 bits per heavy atom. The Bertz CT molecular complexity index is 485. The van der Waals surface area contributed by atoms with Gasteiger partial charge in [0.05, 0.1) is 0 Å². The van der Waals surface area contributed by atoms with E-state index in [0.717, 1.165) is 16.8 Å². The number of nitrogens with zero attached hydrogens (tertiary/aromatic N) is 1. The summed E-state index contributed by atoms with van der Waals surface area (Å²) in [6.45, 7) is 0.958. The molecule has 88 valence electrons. The minimum atomic E-state index is -0.266. The van der Waals surface area contributed by atoms with E-state index in [1.807, 2.05) is 12.1 Å². The van der Waals surface area contributed by atoms with Gasteiger partial charge < -0.3 is 11.1 Å². The molecule has 1 aromatic heterocycles. The molecule has 2 aromatic rings. The maximum absolute atomic E-state index is 13.0. The van der Waals surface area contributed by atoms with E-state index in [1.165, 1.54) is 12.1 Å². The standard InChI is InChI=1S/C13H14FN3/c14-12-3-4-13(11(6-12)7-15)17-9-10-2-1-5-16-8-10/h1-6,8,17H,7,9,15H2. The zero-order valence-corrected chi connectivity index (χ0v) is 9.36. The van der Waals surface area contributed by atoms with E-state index in [1.54, 1.807) is 18.5 Å². The van der Waals surface area contributed by atoms with Crippen LogP contribution in [0.2, 0.25) is 0 Å². The first-order chi connectivity index (χ1) is 8.29. The van der Waals surface area contributed by atoms with Gasteiger partial charge >= 0.3 is 0 Å². The van der Waals surface area contributed by atoms with Gasteiger partial charge in [-0.2, -0.15) is 0 Å². The van der Waals surface area contributed by atoms with Crippen LogP contribution in [0.4, 0.5) is 10.1 Å². The molecule has 0 aliphatic rings. The second kappa shape index (κ2) is 5.41. The summed E-state index contributed by atoms with van der Waals surface area (Å²) in [6, 6.07) is 8.43. The summed E-state index contributed by atoms with van der Waals surface area (Å²) in [5, 5.41) is 3.22. The fourth-order valence-electron chi connectivity index (χ4n) is 1.60. The van der Waals surface area contributed by atoms with Crippen molar-refractivity contribution in [1.29, 1.82) is 0 Å². The highest BCUT2D eigenvalue weighted by Gasteiger charge is 2.02. The SMILES string of the molecule is NCc1cc(F)ccc1NCc1cccnc1. The largest absolute Gasteiger partial charge is 0.381 e. The zero-order valence-electron chi connectivity index (χ0n) is 9.36. The number of anilines is 1. The van der Waals surface area contributed by atoms with Gasteiger partial charge in [0.15, 0.2) is 0 Å². The molecule has 3 N–H and O–H groups in total. The number of benzene rings is 1. The summed E-state index contributed by atoms with van der Waals surface area (Å²) in [4.78, 5) is 4.03. The Kier molecular flexibility index (Phi) is 3.67. The lowest BCUT2D eigenvalue weighted by Crippen LogP contribution is -2.06. The van der Waals surface area contributed by atoms with Gasteiger partial charge in [-0.05, 0) is 35.4 Å². The summed E-state index contributed by atoms with van der Waals surface area (Å²) >= 11 is 0. The predicted octanol–water partition coefficient (Wildman–Crippen LogP) is 2.29. The molecule has 17 heavy (non-hydrogen) atoms. The molecule has 4 heteroatoms. The Balaban J connectivity index is 2.09. The molecule has 0 radical (unpaired) electrons. The molecule has 0 saturated carbocycles. The van der Waals surface area contributed by atoms with Gasteiger partial charge in [-0.15, -0.1) is 0 Å². The van der Waals surface area contributed by atoms with E-state index in [-0.39, 0.29) is 5.82 Å². The second-order valence-corrected chi connectivity index (χ2v) is 3.72. The lowest BCUT2D eigenvalue weighted by Gasteiger charge is -2.10. The van der Waals surface area contributed by atoms with Gasteiger partial charge in [-0.25, -0.2) is 4.39 Å². The van der Waals surface area contributed by atoms with Crippen molar-refractivity contribution in [3.05, 3.63) is 59.7 Å². The van der Waals surface area contributed by atoms with Crippen LogP contribution in [0.1, 0.15) is 11.1 Å². The van der Waals surface area contributed by atoms with Gasteiger partial charge in [0, 0.05) is 31.2 Å². The normalized spacial score (nSPS) is 10.2. The van der Waals surface area contributed by atoms with Crippen molar-refractivity contribution < 1.29 is 4.39 Å². The maximum atomic E-state index is 13.0. The van der Waals surface area contributed by atoms with Crippen LogP contribution < -0.4 is 11.1 Å². The fourth-order valence-corrected chi connectivity index (χ4v) is 1.60. The highest BCUT2D eigenvalue weighted by Crippen LogP contribution is 2.17. The van der Waals surface area contributed by atoms with Gasteiger partial charge in [0.2, 0.25) is 0 Å². The van der Waals surface area contributed by atoms with Crippen LogP contribution in [0.15, 0.2) is 42.7 Å². The third-order valence-corrected chi connectivity index (χ3v) is 2.49. The van der Waals surface area contributed by atoms with Gasteiger partial charge in [0.25, 0.3) is 0 Å². The van der Waals surface area contributed by atoms with Crippen LogP contribution in [-0.2, 0) is 13.1 Å². The van der Waals surface area contributed by atoms with Crippen molar-refractivity contribution in [2.24, 2.45) is 5.73 Å². The molecule has 0 amide bonds. The van der Waals surface area contributed by atoms with Crippen molar-refractivity contribution in [2.75, 3.05) is 5.32 Å². The molecule has 0 atom stereocenters. The van der Waals surface area contributed by atoms with E-state index < -0.39 is 0 Å². The molecule has 1 heterocycles. The first kappa shape index (κ1) is 11.5. The molecule has 0 spiro atoms. The molecular formula is C13H14FN3. The molecule has 0 unspecified atom stereocenters. The molecule has 0 saturated heterocycles. The van der Waals surface area contributed by atoms with E-state index in [4.69, 9.17) is 5.73 Å². The maximum Gasteiger partial charge on any atom is 0.123 e. The molecule has 3 nitrogen and oxygen atoms in total. The van der Waals surface area contributed by atoms with Gasteiger partial charge in [-0.3, -0.25) is 4.98 Å². The first-order valence-corrected chi connectivity index (χ1v) is 5.41. The quantitative estimate of drug-likeness (QED) is 0.848. The van der Waals surface area contributed by atoms with Crippen LogP contribution in [0, 0.1) is 5.82 Å². The number of rotatable bonds is 4. The zero-order chi connectivity index (χ0) is 12.1. The van der Waals surface area contributed by atoms with E-state index in [9.17, 15) is 4.39 Å². The van der Waals surface area contributed by atoms with Crippen molar-refractivity contribution in [3.8, 4) is 0 Å². The van der Waals surface area contributed by atoms with Gasteiger partial charge in [0.1, 0.15) is 5.82 Å². The number of nitrogens with one attached hydrogen (secondary N) is 1. The van der Waals surface area contributed by atoms with Crippen LogP contribution >= 0.6 is 0 Å². The Labute approximate surface area is 99.5 Å². The molecule has 1 aromatic carbocycles. The number of pyridine rings is 1. The smallest absolute Gasteiger partial charge is 0.123 e. The minimum absolute atomic E-state index is 0.266. The van der Waals surface area contributed by atoms with Gasteiger partial charge in [-0.1, -0.05) is 6.07 Å². The highest BCUT2D eigenvalue weighted by molar-refractivity contribution is 5.51. The van der Waals surface area contributed by atoms with Crippen molar-refractivity contribution >= 4 is 5.69 Å². The van der Waals surface area contributed by atoms with Crippen LogP contribution in [0.25, 0.3) is 0 Å². The van der Waals surface area contributed by atoms with E-state index in [2.05, 4.69) is 10.3 Å². The Morgan fingerprint density at radius 2 is 2.18 bits per heavy atom. The van der Waals surface area contributed by atoms with Crippen LogP contribution in [0.3, 0.4) is 0 Å². The first-order valence-electron chi connectivity index (χ1n) is 5.41. The minimum Gasteiger partial charge on any atom is -0.381 e. The van der Waals surface area contributed by atoms with Crippen molar-refractivity contribution in [3.63, 3.8) is 0 Å². The number of aromatic nitrogens is 1.